The molecule has 0 aliphatic heterocycles. The quantitative estimate of drug-likeness (QED) is 0.100. The van der Waals surface area contributed by atoms with E-state index >= 15 is 0 Å². The van der Waals surface area contributed by atoms with Crippen LogP contribution in [0.2, 0.25) is 39.3 Å². The van der Waals surface area contributed by atoms with Gasteiger partial charge >= 0.3 is 20.1 Å². The van der Waals surface area contributed by atoms with E-state index in [1.54, 1.807) is 6.07 Å². The van der Waals surface area contributed by atoms with E-state index in [1.165, 1.54) is 61.6 Å². The molecule has 0 aliphatic carbocycles. The minimum atomic E-state index is -1.30. The molecule has 5 aromatic heterocycles. The monoisotopic (exact) mass is 1320 g/mol. The third-order valence-corrected chi connectivity index (χ3v) is 19.0. The number of benzene rings is 7. The summed E-state index contributed by atoms with van der Waals surface area (Å²) >= 11 is 0. The second-order valence-electron chi connectivity index (χ2n) is 25.0. The Kier molecular flexibility index (Phi) is 18.2. The number of fused-ring (bicyclic) bond motifs is 4. The first kappa shape index (κ1) is 60.8. The Morgan fingerprint density at radius 3 is 1.68 bits per heavy atom. The molecule has 0 N–H and O–H groups in total. The fraction of sp³-hybridized carbons (Fsp3) is 0.219. The normalized spacial score (nSPS) is 11.8. The number of imidazole rings is 1. The van der Waals surface area contributed by atoms with Crippen molar-refractivity contribution in [3.8, 4) is 61.8 Å². The first-order valence-electron chi connectivity index (χ1n) is 28.6. The molecule has 12 rings (SSSR count). The Labute approximate surface area is 511 Å². The molecule has 0 unspecified atom stereocenters. The summed E-state index contributed by atoms with van der Waals surface area (Å²) in [6.07, 6.45) is 8.77. The molecule has 0 atom stereocenters. The van der Waals surface area contributed by atoms with Crippen LogP contribution < -0.4 is 10.4 Å². The molecule has 0 amide bonds. The fourth-order valence-corrected chi connectivity index (χ4v) is 12.2. The van der Waals surface area contributed by atoms with E-state index in [9.17, 15) is 4.39 Å². The van der Waals surface area contributed by atoms with E-state index < -0.39 is 16.1 Å². The van der Waals surface area contributed by atoms with Gasteiger partial charge in [0, 0.05) is 35.1 Å². The maximum atomic E-state index is 12.8. The summed E-state index contributed by atoms with van der Waals surface area (Å²) in [6.45, 7) is 29.2. The van der Waals surface area contributed by atoms with Crippen LogP contribution in [0.15, 0.2) is 193 Å². The number of pyridine rings is 2. The third kappa shape index (κ3) is 13.4. The van der Waals surface area contributed by atoms with E-state index in [-0.39, 0.29) is 43.2 Å². The van der Waals surface area contributed by atoms with Gasteiger partial charge in [0.1, 0.15) is 5.58 Å². The first-order chi connectivity index (χ1) is 39.6. The molecule has 0 fully saturated rings. The average Bonchev–Trinajstić information content (AvgIpc) is 1.66. The molecule has 5 heterocycles. The van der Waals surface area contributed by atoms with Gasteiger partial charge in [0.25, 0.3) is 0 Å². The van der Waals surface area contributed by atoms with Gasteiger partial charge in [0.2, 0.25) is 0 Å². The number of hydrogen-bond donors (Lipinski definition) is 0. The first-order valence-corrected chi connectivity index (χ1v) is 35.6. The van der Waals surface area contributed by atoms with Crippen LogP contribution in [-0.4, -0.2) is 45.6 Å². The van der Waals surface area contributed by atoms with Gasteiger partial charge in [0.05, 0.1) is 38.6 Å². The zero-order valence-electron chi connectivity index (χ0n) is 50.4. The summed E-state index contributed by atoms with van der Waals surface area (Å²) < 4.78 is 21.7. The van der Waals surface area contributed by atoms with Gasteiger partial charge in [-0.2, -0.15) is 0 Å². The molecular weight excluding hydrogens is 1240 g/mol. The summed E-state index contributed by atoms with van der Waals surface area (Å²) in [5.41, 5.74) is 16.6. The van der Waals surface area contributed by atoms with Crippen molar-refractivity contribution >= 4 is 59.5 Å². The number of aromatic nitrogens is 6. The molecule has 424 valence electrons. The minimum Gasteiger partial charge on any atom is -0.501 e. The zero-order chi connectivity index (χ0) is 58.8. The topological polar surface area (TPSA) is 82.5 Å². The maximum Gasteiger partial charge on any atom is 3.00 e. The number of hydrogen-bond acceptors (Lipinski definition) is 6. The molecule has 0 spiro atoms. The molecule has 0 saturated carbocycles. The summed E-state index contributed by atoms with van der Waals surface area (Å²) in [5, 5.41) is 4.85. The standard InChI is InChI=1S/C43H35N2O.C16H22N3Si.C14H15FNSi.Ir/c1-27(2)36-25-32(31-23-21-30(22-24-31)29-13-6-5-7-14-29)26-37(28(3)4)41(36)45-39-19-10-9-18-38(39)44-43(45)35-17-12-16-34-33-15-8-11-20-40(33)46-42(34)35;1-16(2,3)15-18-9-12(10-19-15)14-8-7-13(11-17-14)20(4,5)6;1-17(2,3)13-8-9-14(16-10-13)11-4-6-12(15)7-5-11;/h5-16,18-28H,1-4H3;7-9,11H,1-6H3;4,6-10H,1-3H3;/q3*-1;+3. The van der Waals surface area contributed by atoms with Crippen LogP contribution in [-0.2, 0) is 25.5 Å². The van der Waals surface area contributed by atoms with Gasteiger partial charge in [-0.25, -0.2) is 0 Å². The molecule has 0 aliphatic rings. The Bertz CT molecular complexity index is 4090. The van der Waals surface area contributed by atoms with Crippen LogP contribution in [0.5, 0.6) is 0 Å². The summed E-state index contributed by atoms with van der Waals surface area (Å²) in [5.74, 6) is 1.93. The van der Waals surface area contributed by atoms with Crippen molar-refractivity contribution in [1.82, 2.24) is 29.5 Å². The molecule has 7 aromatic carbocycles. The fourth-order valence-electron chi connectivity index (χ4n) is 10.1. The predicted molar refractivity (Wildman–Crippen MR) is 349 cm³/mol. The maximum absolute atomic E-state index is 12.8. The molecule has 0 bridgehead atoms. The van der Waals surface area contributed by atoms with Crippen molar-refractivity contribution in [2.45, 2.75) is 105 Å². The van der Waals surface area contributed by atoms with Gasteiger partial charge in [0.15, 0.2) is 0 Å². The van der Waals surface area contributed by atoms with Crippen LogP contribution in [0.25, 0.3) is 94.8 Å². The Hall–Kier alpha value is -7.80. The van der Waals surface area contributed by atoms with Crippen LogP contribution in [0.1, 0.15) is 77.3 Å². The second-order valence-corrected chi connectivity index (χ2v) is 35.1. The number of para-hydroxylation sites is 3. The minimum absolute atomic E-state index is 0. The van der Waals surface area contributed by atoms with E-state index in [0.717, 1.165) is 72.7 Å². The molecule has 0 radical (unpaired) electrons. The van der Waals surface area contributed by atoms with Crippen molar-refractivity contribution in [2.75, 3.05) is 0 Å². The van der Waals surface area contributed by atoms with Gasteiger partial charge in [-0.1, -0.05) is 220 Å². The second kappa shape index (κ2) is 25.2. The summed E-state index contributed by atoms with van der Waals surface area (Å²) in [6, 6.07) is 64.2. The Balaban J connectivity index is 0.000000183. The predicted octanol–water partition coefficient (Wildman–Crippen LogP) is 18.4. The SMILES string of the molecule is CC(C)(C)c1n[c-]c(-c2ccc([Si](C)(C)C)cn2)cn1.CC(C)c1cc(-c2ccc(-c3ccccc3)cc2)cc(C(C)C)c1-n1c(-c2[c-]ccc3c2oc2ccccc23)nc2ccccc21.C[Si](C)(C)c1ccc(-c2[c-]cc(F)cc2)nc1.[Ir+3]. The zero-order valence-corrected chi connectivity index (χ0v) is 54.8. The van der Waals surface area contributed by atoms with E-state index in [4.69, 9.17) is 9.40 Å². The average molecular weight is 1320 g/mol. The summed E-state index contributed by atoms with van der Waals surface area (Å²) in [7, 11) is -2.59. The molecular formula is C73H72FIrN6OSi2. The Morgan fingerprint density at radius 2 is 1.13 bits per heavy atom. The van der Waals surface area contributed by atoms with Crippen LogP contribution in [0.4, 0.5) is 4.39 Å². The third-order valence-electron chi connectivity index (χ3n) is 14.9. The van der Waals surface area contributed by atoms with Crippen LogP contribution in [0, 0.1) is 24.1 Å². The van der Waals surface area contributed by atoms with Crippen LogP contribution in [0.3, 0.4) is 0 Å². The van der Waals surface area contributed by atoms with Gasteiger partial charge in [-0.3, -0.25) is 9.37 Å². The molecule has 7 nitrogen and oxygen atoms in total. The largest absolute Gasteiger partial charge is 3.00 e. The molecule has 11 heteroatoms. The molecule has 0 saturated heterocycles. The molecule has 12 aromatic rings. The molecule has 84 heavy (non-hydrogen) atoms. The number of furan rings is 1. The van der Waals surface area contributed by atoms with Gasteiger partial charge in [-0.15, -0.1) is 48.0 Å². The van der Waals surface area contributed by atoms with Crippen molar-refractivity contribution in [1.29, 1.82) is 0 Å². The van der Waals surface area contributed by atoms with Crippen LogP contribution >= 0.6 is 0 Å². The number of nitrogens with zero attached hydrogens (tertiary/aromatic N) is 6. The van der Waals surface area contributed by atoms with Gasteiger partial charge < -0.3 is 28.9 Å². The van der Waals surface area contributed by atoms with E-state index in [1.807, 2.05) is 48.9 Å². The van der Waals surface area contributed by atoms with E-state index in [0.29, 0.717) is 0 Å². The van der Waals surface area contributed by atoms with Crippen molar-refractivity contribution in [3.05, 3.63) is 230 Å². The number of halogens is 1. The van der Waals surface area contributed by atoms with Crippen molar-refractivity contribution < 1.29 is 28.9 Å². The van der Waals surface area contributed by atoms with E-state index in [2.05, 4.69) is 252 Å². The summed E-state index contributed by atoms with van der Waals surface area (Å²) in [4.78, 5) is 23.0. The number of rotatable bonds is 10. The Morgan fingerprint density at radius 1 is 0.560 bits per heavy atom. The van der Waals surface area contributed by atoms with Gasteiger partial charge in [-0.05, 0) is 109 Å². The van der Waals surface area contributed by atoms with Crippen molar-refractivity contribution in [3.63, 3.8) is 0 Å². The van der Waals surface area contributed by atoms with Crippen molar-refractivity contribution in [2.24, 2.45) is 0 Å². The smallest absolute Gasteiger partial charge is 0.501 e.